The molecule has 4 aromatic rings. The molecule has 10 nitrogen and oxygen atoms in total. The lowest BCUT2D eigenvalue weighted by Crippen LogP contribution is -2.48. The Morgan fingerprint density at radius 1 is 1.19 bits per heavy atom. The highest BCUT2D eigenvalue weighted by atomic mass is 79.9. The van der Waals surface area contributed by atoms with E-state index in [1.165, 1.54) is 25.2 Å². The number of hydrogen-bond acceptors (Lipinski definition) is 8. The van der Waals surface area contributed by atoms with Crippen molar-refractivity contribution in [3.8, 4) is 11.6 Å². The molecule has 3 aromatic heterocycles. The topological polar surface area (TPSA) is 102 Å². The van der Waals surface area contributed by atoms with Gasteiger partial charge in [-0.15, -0.1) is 5.10 Å². The van der Waals surface area contributed by atoms with Crippen LogP contribution in [-0.2, 0) is 13.1 Å². The van der Waals surface area contributed by atoms with E-state index in [1.807, 2.05) is 16.8 Å². The largest absolute Gasteiger partial charge is 0.437 e. The van der Waals surface area contributed by atoms with Gasteiger partial charge in [-0.2, -0.15) is 0 Å². The molecule has 186 valence electrons. The first-order valence-corrected chi connectivity index (χ1v) is 12.6. The van der Waals surface area contributed by atoms with Gasteiger partial charge in [0.25, 0.3) is 5.91 Å². The van der Waals surface area contributed by atoms with Gasteiger partial charge in [-0.1, -0.05) is 10.4 Å². The molecule has 1 saturated carbocycles. The van der Waals surface area contributed by atoms with Crippen molar-refractivity contribution in [2.45, 2.75) is 25.9 Å². The summed E-state index contributed by atoms with van der Waals surface area (Å²) in [6.07, 6.45) is 4.99. The Morgan fingerprint density at radius 2 is 2.03 bits per heavy atom. The molecule has 0 spiro atoms. The molecule has 1 aliphatic heterocycles. The number of nitrogens with zero attached hydrogens (tertiary/aromatic N) is 7. The lowest BCUT2D eigenvalue weighted by Gasteiger charge is -2.34. The van der Waals surface area contributed by atoms with Crippen molar-refractivity contribution in [2.75, 3.05) is 26.2 Å². The Morgan fingerprint density at radius 3 is 2.78 bits per heavy atom. The Labute approximate surface area is 214 Å². The second-order valence-electron chi connectivity index (χ2n) is 9.13. The number of aromatic nitrogens is 5. The van der Waals surface area contributed by atoms with E-state index in [-0.39, 0.29) is 5.91 Å². The fraction of sp³-hybridized carbons (Fsp3) is 0.375. The second kappa shape index (κ2) is 9.58. The molecule has 2 aliphatic rings. The number of amides is 1. The highest BCUT2D eigenvalue weighted by Gasteiger charge is 2.26. The minimum atomic E-state index is -0.435. The van der Waals surface area contributed by atoms with Crippen LogP contribution in [0.15, 0.2) is 45.7 Å². The van der Waals surface area contributed by atoms with Crippen LogP contribution in [-0.4, -0.2) is 67.0 Å². The summed E-state index contributed by atoms with van der Waals surface area (Å²) in [6, 6.07) is 6.78. The third-order valence-corrected chi connectivity index (χ3v) is 7.29. The maximum atomic E-state index is 14.1. The maximum Gasteiger partial charge on any atom is 0.276 e. The Kier molecular flexibility index (Phi) is 6.13. The monoisotopic (exact) mass is 555 g/mol. The van der Waals surface area contributed by atoms with Gasteiger partial charge in [0.15, 0.2) is 5.69 Å². The SMILES string of the molecule is O=C(c1ccon1)N1CCN(Cc2cc(F)cnc2Oc2ccc3c(nnn3CC3CC3)c2Br)CC1. The summed E-state index contributed by atoms with van der Waals surface area (Å²) in [5.41, 5.74) is 2.57. The molecule has 0 atom stereocenters. The van der Waals surface area contributed by atoms with Gasteiger partial charge in [-0.3, -0.25) is 9.69 Å². The summed E-state index contributed by atoms with van der Waals surface area (Å²) in [5.74, 6) is 0.939. The molecule has 12 heteroatoms. The van der Waals surface area contributed by atoms with Gasteiger partial charge in [0.2, 0.25) is 5.88 Å². The molecule has 0 radical (unpaired) electrons. The highest BCUT2D eigenvalue weighted by molar-refractivity contribution is 9.10. The minimum Gasteiger partial charge on any atom is -0.437 e. The predicted octanol–water partition coefficient (Wildman–Crippen LogP) is 3.88. The fourth-order valence-corrected chi connectivity index (χ4v) is 4.85. The molecule has 1 amide bonds. The molecule has 2 fully saturated rings. The molecule has 0 unspecified atom stereocenters. The Balaban J connectivity index is 1.16. The summed E-state index contributed by atoms with van der Waals surface area (Å²) in [5, 5.41) is 12.3. The Bertz CT molecular complexity index is 1400. The standard InChI is InChI=1S/C24H23BrFN7O3/c25-21-20(4-3-19-22(21)28-30-33(19)13-15-1-2-15)36-23-16(11-17(26)12-27-23)14-31-6-8-32(9-7-31)24(34)18-5-10-35-29-18/h3-5,10-12,15H,1-2,6-9,13-14H2. The number of piperazine rings is 1. The molecule has 6 rings (SSSR count). The molecule has 4 heterocycles. The summed E-state index contributed by atoms with van der Waals surface area (Å²) >= 11 is 3.61. The van der Waals surface area contributed by atoms with Gasteiger partial charge in [0.05, 0.1) is 16.2 Å². The van der Waals surface area contributed by atoms with Crippen molar-refractivity contribution in [3.05, 3.63) is 58.3 Å². The zero-order chi connectivity index (χ0) is 24.6. The molecular weight excluding hydrogens is 533 g/mol. The van der Waals surface area contributed by atoms with Crippen molar-refractivity contribution in [1.29, 1.82) is 0 Å². The average molecular weight is 556 g/mol. The third-order valence-electron chi connectivity index (χ3n) is 6.53. The zero-order valence-electron chi connectivity index (χ0n) is 19.3. The molecule has 1 saturated heterocycles. The number of fused-ring (bicyclic) bond motifs is 1. The van der Waals surface area contributed by atoms with E-state index in [1.54, 1.807) is 11.0 Å². The number of carbonyl (C=O) groups is 1. The van der Waals surface area contributed by atoms with Gasteiger partial charge in [0.1, 0.15) is 23.3 Å². The number of pyridine rings is 1. The van der Waals surface area contributed by atoms with Crippen LogP contribution in [0.25, 0.3) is 11.0 Å². The van der Waals surface area contributed by atoms with Crippen LogP contribution in [0.1, 0.15) is 28.9 Å². The van der Waals surface area contributed by atoms with Crippen molar-refractivity contribution >= 4 is 32.9 Å². The van der Waals surface area contributed by atoms with E-state index in [4.69, 9.17) is 9.26 Å². The van der Waals surface area contributed by atoms with Crippen LogP contribution in [0, 0.1) is 11.7 Å². The van der Waals surface area contributed by atoms with E-state index in [0.29, 0.717) is 71.5 Å². The summed E-state index contributed by atoms with van der Waals surface area (Å²) in [6.45, 7) is 3.61. The van der Waals surface area contributed by atoms with Crippen LogP contribution in [0.4, 0.5) is 4.39 Å². The van der Waals surface area contributed by atoms with Gasteiger partial charge in [-0.25, -0.2) is 14.1 Å². The van der Waals surface area contributed by atoms with E-state index in [2.05, 4.69) is 41.3 Å². The summed E-state index contributed by atoms with van der Waals surface area (Å²) in [4.78, 5) is 20.6. The fourth-order valence-electron chi connectivity index (χ4n) is 4.36. The first-order chi connectivity index (χ1) is 17.5. The van der Waals surface area contributed by atoms with Crippen LogP contribution >= 0.6 is 15.9 Å². The van der Waals surface area contributed by atoms with Crippen molar-refractivity contribution < 1.29 is 18.4 Å². The third kappa shape index (κ3) is 4.70. The van der Waals surface area contributed by atoms with Crippen molar-refractivity contribution in [1.82, 2.24) is 34.9 Å². The molecular formula is C24H23BrFN7O3. The van der Waals surface area contributed by atoms with E-state index in [0.717, 1.165) is 18.3 Å². The molecule has 0 bridgehead atoms. The van der Waals surface area contributed by atoms with Crippen LogP contribution in [0.3, 0.4) is 0 Å². The first-order valence-electron chi connectivity index (χ1n) is 11.8. The van der Waals surface area contributed by atoms with Gasteiger partial charge < -0.3 is 14.2 Å². The van der Waals surface area contributed by atoms with Crippen LogP contribution in [0.5, 0.6) is 11.6 Å². The van der Waals surface area contributed by atoms with Crippen molar-refractivity contribution in [3.63, 3.8) is 0 Å². The van der Waals surface area contributed by atoms with Crippen molar-refractivity contribution in [2.24, 2.45) is 5.92 Å². The minimum absolute atomic E-state index is 0.158. The smallest absolute Gasteiger partial charge is 0.276 e. The normalized spacial score (nSPS) is 16.6. The quantitative estimate of drug-likeness (QED) is 0.338. The van der Waals surface area contributed by atoms with Crippen LogP contribution in [0.2, 0.25) is 0 Å². The molecule has 36 heavy (non-hydrogen) atoms. The predicted molar refractivity (Wildman–Crippen MR) is 130 cm³/mol. The molecule has 0 N–H and O–H groups in total. The lowest BCUT2D eigenvalue weighted by atomic mass is 10.2. The number of rotatable bonds is 7. The van der Waals surface area contributed by atoms with E-state index >= 15 is 0 Å². The number of halogens is 2. The second-order valence-corrected chi connectivity index (χ2v) is 9.93. The summed E-state index contributed by atoms with van der Waals surface area (Å²) < 4.78 is 27.7. The van der Waals surface area contributed by atoms with Gasteiger partial charge in [0, 0.05) is 50.9 Å². The molecule has 1 aliphatic carbocycles. The van der Waals surface area contributed by atoms with E-state index in [9.17, 15) is 9.18 Å². The number of benzene rings is 1. The van der Waals surface area contributed by atoms with Gasteiger partial charge >= 0.3 is 0 Å². The number of ether oxygens (including phenoxy) is 1. The first kappa shape index (κ1) is 23.0. The maximum absolute atomic E-state index is 14.1. The summed E-state index contributed by atoms with van der Waals surface area (Å²) in [7, 11) is 0. The Hall–Kier alpha value is -3.38. The average Bonchev–Trinajstić information content (AvgIpc) is 3.35. The highest BCUT2D eigenvalue weighted by Crippen LogP contribution is 2.37. The van der Waals surface area contributed by atoms with E-state index < -0.39 is 5.82 Å². The van der Waals surface area contributed by atoms with Gasteiger partial charge in [-0.05, 0) is 52.9 Å². The van der Waals surface area contributed by atoms with Crippen LogP contribution < -0.4 is 4.74 Å². The zero-order valence-corrected chi connectivity index (χ0v) is 20.9. The number of carbonyl (C=O) groups excluding carboxylic acids is 1. The molecule has 1 aromatic carbocycles. The number of hydrogen-bond donors (Lipinski definition) is 0. The lowest BCUT2D eigenvalue weighted by molar-refractivity contribution is 0.0617.